The molecule has 3 heterocycles. The minimum absolute atomic E-state index is 0.00994. The first kappa shape index (κ1) is 13.8. The number of piperidine rings is 1. The van der Waals surface area contributed by atoms with E-state index in [2.05, 4.69) is 9.88 Å². The molecular formula is C13H20N4O2S. The topological polar surface area (TPSA) is 79.5 Å². The minimum Gasteiger partial charge on any atom is -0.396 e. The Morgan fingerprint density at radius 1 is 1.25 bits per heavy atom. The molecule has 2 aliphatic heterocycles. The zero-order valence-electron chi connectivity index (χ0n) is 11.4. The highest BCUT2D eigenvalue weighted by atomic mass is 32.2. The smallest absolute Gasteiger partial charge is 0.262 e. The normalized spacial score (nSPS) is 25.3. The van der Waals surface area contributed by atoms with E-state index in [-0.39, 0.29) is 10.7 Å². The molecule has 1 aromatic rings. The lowest BCUT2D eigenvalue weighted by Crippen LogP contribution is -2.56. The van der Waals surface area contributed by atoms with Crippen molar-refractivity contribution in [3.63, 3.8) is 0 Å². The number of aromatic nitrogens is 1. The Balaban J connectivity index is 1.84. The second-order valence-corrected chi connectivity index (χ2v) is 7.30. The van der Waals surface area contributed by atoms with Gasteiger partial charge in [0.15, 0.2) is 5.03 Å². The maximum absolute atomic E-state index is 12.6. The van der Waals surface area contributed by atoms with E-state index in [9.17, 15) is 8.42 Å². The number of nitrogen functional groups attached to an aromatic ring is 1. The van der Waals surface area contributed by atoms with Crippen molar-refractivity contribution in [2.24, 2.45) is 0 Å². The van der Waals surface area contributed by atoms with Gasteiger partial charge in [-0.3, -0.25) is 4.90 Å². The summed E-state index contributed by atoms with van der Waals surface area (Å²) in [6, 6.07) is 3.57. The Morgan fingerprint density at radius 3 is 2.90 bits per heavy atom. The van der Waals surface area contributed by atoms with Gasteiger partial charge in [0.1, 0.15) is 0 Å². The van der Waals surface area contributed by atoms with Gasteiger partial charge in [-0.25, -0.2) is 13.4 Å². The van der Waals surface area contributed by atoms with Crippen molar-refractivity contribution in [2.45, 2.75) is 30.3 Å². The number of sulfonamides is 1. The lowest BCUT2D eigenvalue weighted by Gasteiger charge is -2.43. The highest BCUT2D eigenvalue weighted by Gasteiger charge is 2.36. The summed E-state index contributed by atoms with van der Waals surface area (Å²) < 4.78 is 26.8. The molecular weight excluding hydrogens is 276 g/mol. The second-order valence-electron chi connectivity index (χ2n) is 5.45. The van der Waals surface area contributed by atoms with Gasteiger partial charge in [0.2, 0.25) is 0 Å². The molecule has 1 aromatic heterocycles. The molecule has 7 heteroatoms. The van der Waals surface area contributed by atoms with Gasteiger partial charge in [-0.15, -0.1) is 0 Å². The number of rotatable bonds is 2. The van der Waals surface area contributed by atoms with Gasteiger partial charge in [-0.05, 0) is 31.5 Å². The lowest BCUT2D eigenvalue weighted by atomic mass is 10.0. The van der Waals surface area contributed by atoms with E-state index in [4.69, 9.17) is 5.73 Å². The summed E-state index contributed by atoms with van der Waals surface area (Å²) >= 11 is 0. The first-order valence-corrected chi connectivity index (χ1v) is 8.48. The number of fused-ring (bicyclic) bond motifs is 1. The molecule has 0 aromatic carbocycles. The van der Waals surface area contributed by atoms with E-state index in [1.54, 1.807) is 12.1 Å². The first-order valence-electron chi connectivity index (χ1n) is 7.04. The van der Waals surface area contributed by atoms with Crippen LogP contribution in [0.3, 0.4) is 0 Å². The predicted octanol–water partition coefficient (Wildman–Crippen LogP) is 0.523. The molecule has 0 amide bonds. The molecule has 2 fully saturated rings. The molecule has 2 aliphatic rings. The molecule has 3 rings (SSSR count). The molecule has 2 N–H and O–H groups in total. The van der Waals surface area contributed by atoms with Crippen molar-refractivity contribution >= 4 is 15.7 Å². The number of hydrogen-bond donors (Lipinski definition) is 1. The Bertz CT molecular complexity index is 590. The van der Waals surface area contributed by atoms with Gasteiger partial charge in [0, 0.05) is 31.9 Å². The molecule has 0 radical (unpaired) electrons. The summed E-state index contributed by atoms with van der Waals surface area (Å²) in [4.78, 5) is 6.36. The van der Waals surface area contributed by atoms with E-state index in [0.29, 0.717) is 19.1 Å². The zero-order valence-corrected chi connectivity index (χ0v) is 12.2. The third kappa shape index (κ3) is 2.41. The average molecular weight is 296 g/mol. The van der Waals surface area contributed by atoms with E-state index in [0.717, 1.165) is 19.5 Å². The van der Waals surface area contributed by atoms with Gasteiger partial charge < -0.3 is 5.73 Å². The lowest BCUT2D eigenvalue weighted by molar-refractivity contribution is 0.0851. The molecule has 20 heavy (non-hydrogen) atoms. The maximum atomic E-state index is 12.6. The molecule has 0 bridgehead atoms. The Morgan fingerprint density at radius 2 is 2.10 bits per heavy atom. The molecule has 6 nitrogen and oxygen atoms in total. The molecule has 2 saturated heterocycles. The van der Waals surface area contributed by atoms with Crippen molar-refractivity contribution in [1.82, 2.24) is 14.2 Å². The largest absolute Gasteiger partial charge is 0.396 e. The van der Waals surface area contributed by atoms with Crippen LogP contribution in [0.5, 0.6) is 0 Å². The van der Waals surface area contributed by atoms with E-state index >= 15 is 0 Å². The zero-order chi connectivity index (χ0) is 14.2. The average Bonchev–Trinajstić information content (AvgIpc) is 2.47. The Kier molecular flexibility index (Phi) is 3.66. The number of anilines is 1. The molecule has 0 aliphatic carbocycles. The molecule has 1 unspecified atom stereocenters. The third-order valence-electron chi connectivity index (χ3n) is 4.18. The van der Waals surface area contributed by atoms with Crippen LogP contribution in [0, 0.1) is 0 Å². The molecule has 1 atom stereocenters. The summed E-state index contributed by atoms with van der Waals surface area (Å²) in [5.74, 6) is 0. The SMILES string of the molecule is Nc1cccnc1S(=O)(=O)N1CCN2CCCCC2C1. The van der Waals surface area contributed by atoms with Crippen molar-refractivity contribution in [1.29, 1.82) is 0 Å². The van der Waals surface area contributed by atoms with Crippen molar-refractivity contribution < 1.29 is 8.42 Å². The van der Waals surface area contributed by atoms with Crippen LogP contribution in [0.1, 0.15) is 19.3 Å². The summed E-state index contributed by atoms with van der Waals surface area (Å²) in [6.45, 7) is 2.97. The molecule has 0 saturated carbocycles. The summed E-state index contributed by atoms with van der Waals surface area (Å²) in [6.07, 6.45) is 4.95. The quantitative estimate of drug-likeness (QED) is 0.861. The van der Waals surface area contributed by atoms with Gasteiger partial charge >= 0.3 is 0 Å². The highest BCUT2D eigenvalue weighted by Crippen LogP contribution is 2.26. The fourth-order valence-corrected chi connectivity index (χ4v) is 4.58. The number of hydrogen-bond acceptors (Lipinski definition) is 5. The van der Waals surface area contributed by atoms with Crippen LogP contribution in [-0.2, 0) is 10.0 Å². The van der Waals surface area contributed by atoms with Gasteiger partial charge in [-0.1, -0.05) is 6.42 Å². The Hall–Kier alpha value is -1.18. The Labute approximate surface area is 119 Å². The van der Waals surface area contributed by atoms with Crippen LogP contribution < -0.4 is 5.73 Å². The van der Waals surface area contributed by atoms with Gasteiger partial charge in [0.25, 0.3) is 10.0 Å². The number of piperazine rings is 1. The monoisotopic (exact) mass is 296 g/mol. The van der Waals surface area contributed by atoms with Crippen molar-refractivity contribution in [3.05, 3.63) is 18.3 Å². The first-order chi connectivity index (χ1) is 9.59. The van der Waals surface area contributed by atoms with Crippen LogP contribution >= 0.6 is 0 Å². The second kappa shape index (κ2) is 5.31. The fourth-order valence-electron chi connectivity index (χ4n) is 3.09. The van der Waals surface area contributed by atoms with E-state index in [1.165, 1.54) is 23.3 Å². The molecule has 0 spiro atoms. The number of pyridine rings is 1. The maximum Gasteiger partial charge on any atom is 0.262 e. The number of nitrogens with two attached hydrogens (primary N) is 1. The van der Waals surface area contributed by atoms with Crippen LogP contribution in [0.2, 0.25) is 0 Å². The molecule has 110 valence electrons. The third-order valence-corrected chi connectivity index (χ3v) is 6.03. The highest BCUT2D eigenvalue weighted by molar-refractivity contribution is 7.89. The summed E-state index contributed by atoms with van der Waals surface area (Å²) in [5.41, 5.74) is 5.99. The minimum atomic E-state index is -3.57. The summed E-state index contributed by atoms with van der Waals surface area (Å²) in [5, 5.41) is -0.00994. The fraction of sp³-hybridized carbons (Fsp3) is 0.615. The van der Waals surface area contributed by atoms with Crippen LogP contribution in [-0.4, -0.2) is 54.8 Å². The van der Waals surface area contributed by atoms with Crippen molar-refractivity contribution in [3.8, 4) is 0 Å². The predicted molar refractivity (Wildman–Crippen MR) is 76.6 cm³/mol. The standard InChI is InChI=1S/C13H20N4O2S/c14-12-5-3-6-15-13(12)20(18,19)17-9-8-16-7-2-1-4-11(16)10-17/h3,5-6,11H,1-2,4,7-10,14H2. The van der Waals surface area contributed by atoms with Crippen molar-refractivity contribution in [2.75, 3.05) is 31.9 Å². The summed E-state index contributed by atoms with van der Waals surface area (Å²) in [7, 11) is -3.57. The van der Waals surface area contributed by atoms with E-state index in [1.807, 2.05) is 0 Å². The number of nitrogens with zero attached hydrogens (tertiary/aromatic N) is 3. The van der Waals surface area contributed by atoms with Crippen LogP contribution in [0.4, 0.5) is 5.69 Å². The van der Waals surface area contributed by atoms with Gasteiger partial charge in [-0.2, -0.15) is 4.31 Å². The van der Waals surface area contributed by atoms with E-state index < -0.39 is 10.0 Å². The van der Waals surface area contributed by atoms with Crippen LogP contribution in [0.15, 0.2) is 23.4 Å². The van der Waals surface area contributed by atoms with Gasteiger partial charge in [0.05, 0.1) is 5.69 Å². The van der Waals surface area contributed by atoms with Crippen LogP contribution in [0.25, 0.3) is 0 Å².